The predicted octanol–water partition coefficient (Wildman–Crippen LogP) is 1.19. The molecule has 13 heavy (non-hydrogen) atoms. The predicted molar refractivity (Wildman–Crippen MR) is 47.9 cm³/mol. The van der Waals surface area contributed by atoms with Gasteiger partial charge in [0.15, 0.2) is 11.6 Å². The molecule has 0 spiro atoms. The fraction of sp³-hybridized carbons (Fsp3) is 0.333. The van der Waals surface area contributed by atoms with Gasteiger partial charge in [-0.25, -0.2) is 4.39 Å². The largest absolute Gasteiger partial charge is 0.490 e. The monoisotopic (exact) mass is 182 g/mol. The van der Waals surface area contributed by atoms with E-state index >= 15 is 0 Å². The van der Waals surface area contributed by atoms with E-state index in [1.54, 1.807) is 6.07 Å². The molecule has 70 valence electrons. The second-order valence-corrected chi connectivity index (χ2v) is 3.16. The second-order valence-electron chi connectivity index (χ2n) is 3.16. The van der Waals surface area contributed by atoms with Crippen molar-refractivity contribution in [3.05, 3.63) is 23.5 Å². The average molecular weight is 182 g/mol. The Morgan fingerprint density at radius 3 is 3.00 bits per heavy atom. The number of rotatable bonds is 0. The average Bonchev–Trinajstić information content (AvgIpc) is 2.07. The van der Waals surface area contributed by atoms with E-state index in [0.29, 0.717) is 24.3 Å². The molecule has 1 heterocycles. The summed E-state index contributed by atoms with van der Waals surface area (Å²) in [5, 5.41) is 0. The van der Waals surface area contributed by atoms with Crippen molar-refractivity contribution in [1.82, 2.24) is 0 Å². The summed E-state index contributed by atoms with van der Waals surface area (Å²) in [5.74, 6) is -0.168. The Balaban J connectivity index is 2.56. The highest BCUT2D eigenvalue weighted by Gasteiger charge is 2.21. The minimum absolute atomic E-state index is 0.165. The fourth-order valence-electron chi connectivity index (χ4n) is 1.51. The van der Waals surface area contributed by atoms with Crippen molar-refractivity contribution < 1.29 is 9.13 Å². The van der Waals surface area contributed by atoms with Crippen LogP contribution in [0.5, 0.6) is 5.75 Å². The lowest BCUT2D eigenvalue weighted by Gasteiger charge is -2.23. The molecule has 1 atom stereocenters. The Hall–Kier alpha value is -1.29. The van der Waals surface area contributed by atoms with Crippen LogP contribution in [0.4, 0.5) is 10.1 Å². The fourth-order valence-corrected chi connectivity index (χ4v) is 1.51. The number of nitrogen functional groups attached to an aromatic ring is 1. The lowest BCUT2D eigenvalue weighted by molar-refractivity contribution is 0.255. The van der Waals surface area contributed by atoms with Crippen LogP contribution >= 0.6 is 0 Å². The summed E-state index contributed by atoms with van der Waals surface area (Å²) >= 11 is 0. The molecule has 0 aliphatic carbocycles. The van der Waals surface area contributed by atoms with E-state index in [4.69, 9.17) is 16.2 Å². The number of ether oxygens (including phenoxy) is 1. The summed E-state index contributed by atoms with van der Waals surface area (Å²) in [6, 6.07) is 2.75. The first-order chi connectivity index (χ1) is 6.18. The molecule has 0 radical (unpaired) electrons. The van der Waals surface area contributed by atoms with Gasteiger partial charge in [0.2, 0.25) is 0 Å². The second kappa shape index (κ2) is 2.88. The van der Waals surface area contributed by atoms with Gasteiger partial charge in [0.25, 0.3) is 0 Å². The molecular weight excluding hydrogens is 171 g/mol. The van der Waals surface area contributed by atoms with Crippen molar-refractivity contribution in [2.24, 2.45) is 5.73 Å². The molecule has 1 aromatic rings. The number of halogens is 1. The van der Waals surface area contributed by atoms with Gasteiger partial charge in [-0.1, -0.05) is 0 Å². The molecule has 2 rings (SSSR count). The van der Waals surface area contributed by atoms with E-state index in [-0.39, 0.29) is 11.8 Å². The highest BCUT2D eigenvalue weighted by atomic mass is 19.1. The molecule has 0 unspecified atom stereocenters. The molecule has 3 nitrogen and oxygen atoms in total. The van der Waals surface area contributed by atoms with Gasteiger partial charge >= 0.3 is 0 Å². The van der Waals surface area contributed by atoms with Crippen molar-refractivity contribution in [3.63, 3.8) is 0 Å². The number of benzene rings is 1. The summed E-state index contributed by atoms with van der Waals surface area (Å²) < 4.78 is 18.4. The first-order valence-corrected chi connectivity index (χ1v) is 4.16. The molecule has 1 aliphatic rings. The molecule has 0 amide bonds. The number of nitrogens with two attached hydrogens (primary N) is 2. The molecule has 0 saturated heterocycles. The smallest absolute Gasteiger partial charge is 0.167 e. The minimum Gasteiger partial charge on any atom is -0.490 e. The molecular formula is C9H11FN2O. The third-order valence-corrected chi connectivity index (χ3v) is 2.17. The van der Waals surface area contributed by atoms with Gasteiger partial charge in [0.1, 0.15) is 0 Å². The Morgan fingerprint density at radius 1 is 1.46 bits per heavy atom. The van der Waals surface area contributed by atoms with Crippen LogP contribution in [0.2, 0.25) is 0 Å². The number of anilines is 1. The molecule has 0 bridgehead atoms. The normalized spacial score (nSPS) is 20.6. The lowest BCUT2D eigenvalue weighted by Crippen LogP contribution is -2.21. The van der Waals surface area contributed by atoms with Crippen LogP contribution in [0.1, 0.15) is 18.0 Å². The first-order valence-electron chi connectivity index (χ1n) is 4.16. The third kappa shape index (κ3) is 1.33. The summed E-state index contributed by atoms with van der Waals surface area (Å²) in [6.07, 6.45) is 0.704. The Kier molecular flexibility index (Phi) is 1.84. The van der Waals surface area contributed by atoms with Crippen molar-refractivity contribution in [1.29, 1.82) is 0 Å². The molecule has 4 heteroatoms. The summed E-state index contributed by atoms with van der Waals surface area (Å²) in [5.41, 5.74) is 12.3. The van der Waals surface area contributed by atoms with E-state index in [2.05, 4.69) is 0 Å². The van der Waals surface area contributed by atoms with Crippen LogP contribution in [0.3, 0.4) is 0 Å². The van der Waals surface area contributed by atoms with Gasteiger partial charge in [-0.05, 0) is 6.07 Å². The van der Waals surface area contributed by atoms with Gasteiger partial charge in [-0.15, -0.1) is 0 Å². The van der Waals surface area contributed by atoms with Gasteiger partial charge in [-0.3, -0.25) is 0 Å². The zero-order valence-corrected chi connectivity index (χ0v) is 7.09. The molecule has 1 aromatic carbocycles. The third-order valence-electron chi connectivity index (χ3n) is 2.17. The summed E-state index contributed by atoms with van der Waals surface area (Å²) in [4.78, 5) is 0. The van der Waals surface area contributed by atoms with Crippen LogP contribution in [-0.4, -0.2) is 6.61 Å². The zero-order valence-electron chi connectivity index (χ0n) is 7.09. The maximum atomic E-state index is 13.2. The zero-order chi connectivity index (χ0) is 9.42. The van der Waals surface area contributed by atoms with Gasteiger partial charge in [-0.2, -0.15) is 0 Å². The molecule has 0 aromatic heterocycles. The van der Waals surface area contributed by atoms with Crippen molar-refractivity contribution in [2.45, 2.75) is 12.5 Å². The molecule has 0 fully saturated rings. The SMILES string of the molecule is Nc1cc(F)c2c(c1)[C@H](N)CCO2. The van der Waals surface area contributed by atoms with E-state index in [9.17, 15) is 4.39 Å². The standard InChI is InChI=1S/C9H11FN2O/c10-7-4-5(11)3-6-8(12)1-2-13-9(6)7/h3-4,8H,1-2,11-12H2/t8-/m1/s1. The van der Waals surface area contributed by atoms with Crippen LogP contribution in [0.25, 0.3) is 0 Å². The van der Waals surface area contributed by atoms with Crippen molar-refractivity contribution in [2.75, 3.05) is 12.3 Å². The highest BCUT2D eigenvalue weighted by Crippen LogP contribution is 2.34. The van der Waals surface area contributed by atoms with Crippen molar-refractivity contribution in [3.8, 4) is 5.75 Å². The first kappa shape index (κ1) is 8.31. The number of hydrogen-bond acceptors (Lipinski definition) is 3. The Bertz CT molecular complexity index is 341. The topological polar surface area (TPSA) is 61.3 Å². The quantitative estimate of drug-likeness (QED) is 0.592. The van der Waals surface area contributed by atoms with Crippen LogP contribution in [-0.2, 0) is 0 Å². The van der Waals surface area contributed by atoms with Crippen LogP contribution in [0, 0.1) is 5.82 Å². The molecule has 0 saturated carbocycles. The maximum absolute atomic E-state index is 13.2. The minimum atomic E-state index is -0.426. The number of hydrogen-bond donors (Lipinski definition) is 2. The number of fused-ring (bicyclic) bond motifs is 1. The van der Waals surface area contributed by atoms with E-state index < -0.39 is 5.82 Å². The highest BCUT2D eigenvalue weighted by molar-refractivity contribution is 5.50. The molecule has 4 N–H and O–H groups in total. The molecule has 1 aliphatic heterocycles. The lowest BCUT2D eigenvalue weighted by atomic mass is 10.0. The van der Waals surface area contributed by atoms with Gasteiger partial charge in [0, 0.05) is 29.8 Å². The van der Waals surface area contributed by atoms with E-state index in [1.165, 1.54) is 6.07 Å². The van der Waals surface area contributed by atoms with E-state index in [0.717, 1.165) is 0 Å². The Labute approximate surface area is 75.5 Å². The van der Waals surface area contributed by atoms with Crippen LogP contribution < -0.4 is 16.2 Å². The van der Waals surface area contributed by atoms with Gasteiger partial charge < -0.3 is 16.2 Å². The summed E-state index contributed by atoms with van der Waals surface area (Å²) in [7, 11) is 0. The van der Waals surface area contributed by atoms with Gasteiger partial charge in [0.05, 0.1) is 6.61 Å². The Morgan fingerprint density at radius 2 is 2.23 bits per heavy atom. The summed E-state index contributed by atoms with van der Waals surface area (Å²) in [6.45, 7) is 0.467. The van der Waals surface area contributed by atoms with E-state index in [1.807, 2.05) is 0 Å². The van der Waals surface area contributed by atoms with Crippen molar-refractivity contribution >= 4 is 5.69 Å². The van der Waals surface area contributed by atoms with Crippen LogP contribution in [0.15, 0.2) is 12.1 Å². The maximum Gasteiger partial charge on any atom is 0.167 e.